The number of para-hydroxylation sites is 2. The van der Waals surface area contributed by atoms with E-state index < -0.39 is 16.1 Å². The Morgan fingerprint density at radius 2 is 0.469 bits per heavy atom. The summed E-state index contributed by atoms with van der Waals surface area (Å²) in [7, 11) is -2.87. The molecule has 0 spiro atoms. The molecule has 0 N–H and O–H groups in total. The van der Waals surface area contributed by atoms with Crippen LogP contribution in [0.3, 0.4) is 0 Å². The van der Waals surface area contributed by atoms with Crippen LogP contribution in [0.15, 0.2) is 467 Å². The summed E-state index contributed by atoms with van der Waals surface area (Å²) in [6, 6.07) is 170. The monoisotopic (exact) mass is 1690 g/mol. The van der Waals surface area contributed by atoms with Crippen molar-refractivity contribution >= 4 is 185 Å². The third kappa shape index (κ3) is 15.3. The molecule has 0 aliphatic heterocycles. The molecule has 23 rings (SSSR count). The van der Waals surface area contributed by atoms with Gasteiger partial charge < -0.3 is 14.7 Å². The van der Waals surface area contributed by atoms with Crippen molar-refractivity contribution in [3.63, 3.8) is 0 Å². The lowest BCUT2D eigenvalue weighted by molar-refractivity contribution is 1.28. The first kappa shape index (κ1) is 80.1. The molecule has 22 aromatic carbocycles. The van der Waals surface area contributed by atoms with E-state index in [4.69, 9.17) is 0 Å². The number of rotatable bonds is 16. The van der Waals surface area contributed by atoms with E-state index in [1.54, 1.807) is 0 Å². The lowest BCUT2D eigenvalue weighted by atomic mass is 9.84. The van der Waals surface area contributed by atoms with Gasteiger partial charge in [0.25, 0.3) is 0 Å². The largest absolute Gasteiger partial charge is 0.311 e. The van der Waals surface area contributed by atoms with Gasteiger partial charge in [0.05, 0.1) is 27.5 Å². The second-order valence-corrected chi connectivity index (χ2v) is 46.6. The van der Waals surface area contributed by atoms with E-state index in [1.165, 1.54) is 184 Å². The molecule has 0 fully saturated rings. The van der Waals surface area contributed by atoms with E-state index in [0.717, 1.165) is 28.4 Å². The first-order valence-corrected chi connectivity index (χ1v) is 52.2. The maximum Gasteiger partial charge on any atom is 0.0775 e. The summed E-state index contributed by atoms with van der Waals surface area (Å²) in [5.41, 5.74) is 23.0. The van der Waals surface area contributed by atoms with Crippen molar-refractivity contribution in [3.05, 3.63) is 467 Å². The van der Waals surface area contributed by atoms with Gasteiger partial charge in [-0.15, -0.1) is 11.3 Å². The lowest BCUT2D eigenvalue weighted by Gasteiger charge is -2.30. The van der Waals surface area contributed by atoms with E-state index >= 15 is 0 Å². The minimum Gasteiger partial charge on any atom is -0.311 e. The number of benzene rings is 22. The van der Waals surface area contributed by atoms with Crippen LogP contribution in [0.25, 0.3) is 151 Å². The molecule has 3 nitrogen and oxygen atoms in total. The molecule has 0 aliphatic rings. The third-order valence-electron chi connectivity index (χ3n) is 25.5. The minimum atomic E-state index is -1.43. The SMILES string of the molecule is C[Si](C)(C)c1ccc(N(c2ccccc2)c2ccc3ccc4c(N(c5ccccc5)c5ccc([Si](C)(C)C)cc5)ccc5ccc2c3c54)cc1.c1ccc(-c2ccc(N(c3ccc(-c4ccccc4)cc3)c3ccc(-c4cccc5c4sc4ccccc45)cc3)cc2)cc1.c1ccc2c(-c3c4ccccc4c(-c4cccc5ccccc45)c4ccccc34)cccc2c1. The molecule has 0 bridgehead atoms. The molecule has 0 saturated carbocycles. The van der Waals surface area contributed by atoms with Crippen LogP contribution in [0.4, 0.5) is 51.2 Å². The van der Waals surface area contributed by atoms with Crippen molar-refractivity contribution < 1.29 is 0 Å². The summed E-state index contributed by atoms with van der Waals surface area (Å²) in [5, 5.41) is 23.5. The Morgan fingerprint density at radius 3 is 0.875 bits per heavy atom. The summed E-state index contributed by atoms with van der Waals surface area (Å²) in [4.78, 5) is 7.20. The van der Waals surface area contributed by atoms with E-state index in [2.05, 4.69) is 521 Å². The normalized spacial score (nSPS) is 11.7. The smallest absolute Gasteiger partial charge is 0.0775 e. The van der Waals surface area contributed by atoms with Crippen molar-refractivity contribution in [1.29, 1.82) is 0 Å². The highest BCUT2D eigenvalue weighted by molar-refractivity contribution is 7.26. The number of nitrogens with zero attached hydrogens (tertiary/aromatic N) is 3. The number of fused-ring (bicyclic) bond motifs is 7. The molecule has 0 radical (unpaired) electrons. The first-order chi connectivity index (χ1) is 62.8. The van der Waals surface area contributed by atoms with Crippen LogP contribution in [-0.2, 0) is 0 Å². The summed E-state index contributed by atoms with van der Waals surface area (Å²) in [6.07, 6.45) is 0. The van der Waals surface area contributed by atoms with E-state index in [0.29, 0.717) is 0 Å². The van der Waals surface area contributed by atoms with Gasteiger partial charge in [-0.2, -0.15) is 0 Å². The van der Waals surface area contributed by atoms with Gasteiger partial charge in [-0.05, 0) is 223 Å². The summed E-state index contributed by atoms with van der Waals surface area (Å²) in [5.74, 6) is 0. The topological polar surface area (TPSA) is 9.72 Å². The van der Waals surface area contributed by atoms with Crippen LogP contribution < -0.4 is 25.1 Å². The average molecular weight is 1690 g/mol. The maximum absolute atomic E-state index is 2.43. The van der Waals surface area contributed by atoms with Crippen molar-refractivity contribution in [3.8, 4) is 55.6 Å². The van der Waals surface area contributed by atoms with Gasteiger partial charge in [-0.1, -0.05) is 414 Å². The molecule has 0 aliphatic carbocycles. The molecule has 0 saturated heterocycles. The predicted molar refractivity (Wildman–Crippen MR) is 563 cm³/mol. The second-order valence-electron chi connectivity index (χ2n) is 35.4. The average Bonchev–Trinajstić information content (AvgIpc) is 0.789. The van der Waals surface area contributed by atoms with Crippen LogP contribution in [0, 0.1) is 0 Å². The van der Waals surface area contributed by atoms with Gasteiger partial charge in [0.15, 0.2) is 0 Å². The molecule has 23 aromatic rings. The second kappa shape index (κ2) is 34.1. The zero-order chi connectivity index (χ0) is 86.4. The highest BCUT2D eigenvalue weighted by atomic mass is 32.1. The van der Waals surface area contributed by atoms with Gasteiger partial charge in [0.1, 0.15) is 0 Å². The molecule has 1 aromatic heterocycles. The number of anilines is 9. The highest BCUT2D eigenvalue weighted by Gasteiger charge is 2.27. The molecule has 1 heterocycles. The summed E-state index contributed by atoms with van der Waals surface area (Å²) in [6.45, 7) is 14.5. The van der Waals surface area contributed by atoms with Crippen molar-refractivity contribution in [2.24, 2.45) is 0 Å². The lowest BCUT2D eigenvalue weighted by Crippen LogP contribution is -2.37. The Morgan fingerprint density at radius 1 is 0.180 bits per heavy atom. The van der Waals surface area contributed by atoms with Crippen LogP contribution >= 0.6 is 11.3 Å². The van der Waals surface area contributed by atoms with Gasteiger partial charge in [0.2, 0.25) is 0 Å². The number of thiophene rings is 1. The quantitative estimate of drug-likeness (QED) is 0.0542. The Balaban J connectivity index is 0.000000119. The van der Waals surface area contributed by atoms with Crippen molar-refractivity contribution in [2.75, 3.05) is 14.7 Å². The van der Waals surface area contributed by atoms with Gasteiger partial charge in [-0.3, -0.25) is 0 Å². The maximum atomic E-state index is 2.43. The van der Waals surface area contributed by atoms with Crippen LogP contribution in [0.1, 0.15) is 0 Å². The molecule has 612 valence electrons. The standard InChI is InChI=1S/C46H44N2Si2.C42H29NS.C34H22/c1-49(2,3)39-25-21-37(22-26-39)47(35-13-9-7-10-14-35)43-31-19-33-18-30-42-44(32-20-34-17-29-41(43)45(33)46(34)42)48(36-15-11-8-12-16-36)38-23-27-40(28-24-38)50(4,5)6;1-3-10-30(11-4-1)32-18-24-35(25-19-32)43(36-26-20-33(21-27-36)31-12-5-2-6-13-31)37-28-22-34(23-29-37)38-15-9-16-40-39-14-7-8-17-41(39)44-42(38)40;1-3-15-25-23(11-1)13-9-21-27(25)33-29-17-5-7-19-31(29)34(32-20-8-6-18-30(32)33)28-22-10-14-24-12-2-4-16-26(24)28/h7-32H,1-6H3;1-29H;1-22H. The Kier molecular flexibility index (Phi) is 21.4. The van der Waals surface area contributed by atoms with E-state index in [1.807, 2.05) is 11.3 Å². The van der Waals surface area contributed by atoms with E-state index in [-0.39, 0.29) is 0 Å². The Labute approximate surface area is 755 Å². The first-order valence-electron chi connectivity index (χ1n) is 44.4. The molecule has 6 heteroatoms. The highest BCUT2D eigenvalue weighted by Crippen LogP contribution is 2.51. The number of hydrogen-bond acceptors (Lipinski definition) is 4. The Hall–Kier alpha value is -15.0. The fourth-order valence-corrected chi connectivity index (χ4v) is 22.6. The van der Waals surface area contributed by atoms with E-state index in [9.17, 15) is 0 Å². The van der Waals surface area contributed by atoms with Crippen LogP contribution in [0.2, 0.25) is 39.3 Å². The number of hydrogen-bond donors (Lipinski definition) is 0. The predicted octanol–water partition coefficient (Wildman–Crippen LogP) is 34.8. The molecule has 0 atom stereocenters. The fourth-order valence-electron chi connectivity index (χ4n) is 19.1. The van der Waals surface area contributed by atoms with Gasteiger partial charge in [0, 0.05) is 70.8 Å². The molecule has 0 unspecified atom stereocenters. The minimum absolute atomic E-state index is 1.12. The molecule has 128 heavy (non-hydrogen) atoms. The van der Waals surface area contributed by atoms with Crippen LogP contribution in [0.5, 0.6) is 0 Å². The summed E-state index contributed by atoms with van der Waals surface area (Å²) < 4.78 is 2.67. The molecular formula is C122H95N3SSi2. The van der Waals surface area contributed by atoms with Gasteiger partial charge in [-0.25, -0.2) is 0 Å². The zero-order valence-corrected chi connectivity index (χ0v) is 75.5. The zero-order valence-electron chi connectivity index (χ0n) is 72.7. The Bertz CT molecular complexity index is 7500. The van der Waals surface area contributed by atoms with Crippen molar-refractivity contribution in [2.45, 2.75) is 39.3 Å². The summed E-state index contributed by atoms with van der Waals surface area (Å²) >= 11 is 1.88. The van der Waals surface area contributed by atoms with Gasteiger partial charge >= 0.3 is 0 Å². The molecule has 0 amide bonds. The van der Waals surface area contributed by atoms with Crippen molar-refractivity contribution in [1.82, 2.24) is 0 Å². The third-order valence-corrected chi connectivity index (χ3v) is 30.8. The fraction of sp³-hybridized carbons (Fsp3) is 0.0492. The molecular weight excluding hydrogens is 1600 g/mol. The van der Waals surface area contributed by atoms with Crippen LogP contribution in [-0.4, -0.2) is 16.1 Å².